The predicted octanol–water partition coefficient (Wildman–Crippen LogP) is 10.9. The zero-order chi connectivity index (χ0) is 36.6. The van der Waals surface area contributed by atoms with Gasteiger partial charge in [-0.25, -0.2) is 9.97 Å². The number of halogens is 10. The molecule has 0 aliphatic heterocycles. The van der Waals surface area contributed by atoms with Crippen molar-refractivity contribution >= 4 is 57.4 Å². The van der Waals surface area contributed by atoms with Gasteiger partial charge in [-0.3, -0.25) is 4.98 Å². The summed E-state index contributed by atoms with van der Waals surface area (Å²) in [6.45, 7) is 2.43. The molecular weight excluding hydrogens is 756 g/mol. The Morgan fingerprint density at radius 3 is 2.10 bits per heavy atom. The largest absolute Gasteiger partial charge is 0.490 e. The standard InChI is InChI=1S/C18H14Cl4F3NO3.C15H12F3N3/c19-13-8-12(27-7-4-15(21)22)9-14(20)17(13)29-6-1-5-28-16-3-2-11(10-26-16)18(23,24)25;1-9-8-19-6-5-11(9)14-20-12-7-10(15(16,17)18)3-4-13(12)21(14)2/h2-4,8-10H,1,5-7H2;3-8H,1-2H3. The average Bonchev–Trinajstić information content (AvgIpc) is 3.37. The van der Waals surface area contributed by atoms with Crippen LogP contribution in [0.3, 0.4) is 0 Å². The van der Waals surface area contributed by atoms with Gasteiger partial charge in [-0.05, 0) is 48.9 Å². The number of rotatable bonds is 10. The summed E-state index contributed by atoms with van der Waals surface area (Å²) in [6.07, 6.45) is -2.86. The quantitative estimate of drug-likeness (QED) is 0.104. The fourth-order valence-corrected chi connectivity index (χ4v) is 5.05. The van der Waals surface area contributed by atoms with Crippen LogP contribution in [0.15, 0.2) is 77.7 Å². The van der Waals surface area contributed by atoms with Gasteiger partial charge in [-0.15, -0.1) is 0 Å². The molecule has 0 N–H and O–H groups in total. The van der Waals surface area contributed by atoms with Gasteiger partial charge in [0.25, 0.3) is 0 Å². The molecule has 50 heavy (non-hydrogen) atoms. The summed E-state index contributed by atoms with van der Waals surface area (Å²) in [7, 11) is 1.79. The molecule has 0 fully saturated rings. The molecular formula is C33H26Cl4F6N4O3. The van der Waals surface area contributed by atoms with Crippen molar-refractivity contribution in [2.75, 3.05) is 19.8 Å². The topological polar surface area (TPSA) is 71.3 Å². The summed E-state index contributed by atoms with van der Waals surface area (Å²) in [5.41, 5.74) is 1.25. The maximum absolute atomic E-state index is 12.8. The number of alkyl halides is 6. The molecule has 0 bridgehead atoms. The van der Waals surface area contributed by atoms with E-state index in [4.69, 9.17) is 60.6 Å². The number of nitrogens with zero attached hydrogens (tertiary/aromatic N) is 4. The number of benzene rings is 2. The molecule has 0 radical (unpaired) electrons. The van der Waals surface area contributed by atoms with Crippen LogP contribution in [0.4, 0.5) is 26.3 Å². The lowest BCUT2D eigenvalue weighted by Crippen LogP contribution is -2.08. The first kappa shape index (κ1) is 38.9. The summed E-state index contributed by atoms with van der Waals surface area (Å²) in [4.78, 5) is 12.0. The molecule has 5 aromatic rings. The fourth-order valence-electron chi connectivity index (χ4n) is 4.34. The van der Waals surface area contributed by atoms with E-state index in [1.54, 1.807) is 30.1 Å². The third-order valence-electron chi connectivity index (χ3n) is 6.78. The van der Waals surface area contributed by atoms with Gasteiger partial charge < -0.3 is 18.8 Å². The monoisotopic (exact) mass is 780 g/mol. The highest BCUT2D eigenvalue weighted by Crippen LogP contribution is 2.37. The molecule has 0 saturated heterocycles. The van der Waals surface area contributed by atoms with Crippen LogP contribution in [0.5, 0.6) is 17.4 Å². The van der Waals surface area contributed by atoms with E-state index in [0.717, 1.165) is 35.4 Å². The molecule has 5 rings (SSSR count). The highest BCUT2D eigenvalue weighted by molar-refractivity contribution is 6.55. The van der Waals surface area contributed by atoms with E-state index in [1.807, 2.05) is 6.92 Å². The third-order valence-corrected chi connectivity index (χ3v) is 7.65. The number of fused-ring (bicyclic) bond motifs is 1. The van der Waals surface area contributed by atoms with Crippen LogP contribution in [0.1, 0.15) is 23.1 Å². The number of aryl methyl sites for hydroxylation is 2. The second kappa shape index (κ2) is 16.9. The molecule has 17 heteroatoms. The third kappa shape index (κ3) is 10.5. The zero-order valence-electron chi connectivity index (χ0n) is 26.0. The Kier molecular flexibility index (Phi) is 13.1. The molecule has 2 aromatic carbocycles. The van der Waals surface area contributed by atoms with Crippen molar-refractivity contribution in [1.29, 1.82) is 0 Å². The van der Waals surface area contributed by atoms with Crippen LogP contribution >= 0.6 is 46.4 Å². The Morgan fingerprint density at radius 1 is 0.840 bits per heavy atom. The maximum atomic E-state index is 12.8. The zero-order valence-corrected chi connectivity index (χ0v) is 29.1. The lowest BCUT2D eigenvalue weighted by Gasteiger charge is -2.12. The molecule has 3 aromatic heterocycles. The number of imidazole rings is 1. The molecule has 0 aliphatic carbocycles. The second-order valence-electron chi connectivity index (χ2n) is 10.3. The van der Waals surface area contributed by atoms with E-state index in [-0.39, 0.29) is 46.0 Å². The summed E-state index contributed by atoms with van der Waals surface area (Å²) in [5, 5.41) is 0.498. The summed E-state index contributed by atoms with van der Waals surface area (Å²) >= 11 is 23.3. The smallest absolute Gasteiger partial charge is 0.417 e. The number of hydrogen-bond acceptors (Lipinski definition) is 6. The van der Waals surface area contributed by atoms with Gasteiger partial charge in [0, 0.05) is 55.8 Å². The Hall–Kier alpha value is -3.91. The Morgan fingerprint density at radius 2 is 1.50 bits per heavy atom. The summed E-state index contributed by atoms with van der Waals surface area (Å²) in [5.74, 6) is 1.40. The number of hydrogen-bond donors (Lipinski definition) is 0. The number of aromatic nitrogens is 4. The first-order valence-corrected chi connectivity index (χ1v) is 15.9. The Labute approximate surface area is 302 Å². The Bertz CT molecular complexity index is 1920. The molecule has 7 nitrogen and oxygen atoms in total. The molecule has 0 spiro atoms. The van der Waals surface area contributed by atoms with Gasteiger partial charge in [-0.2, -0.15) is 26.3 Å². The number of ether oxygens (including phenoxy) is 3. The molecule has 3 heterocycles. The van der Waals surface area contributed by atoms with Crippen LogP contribution < -0.4 is 14.2 Å². The van der Waals surface area contributed by atoms with E-state index >= 15 is 0 Å². The predicted molar refractivity (Wildman–Crippen MR) is 180 cm³/mol. The minimum Gasteiger partial charge on any atom is -0.490 e. The maximum Gasteiger partial charge on any atom is 0.417 e. The first-order chi connectivity index (χ1) is 23.5. The fraction of sp³-hybridized carbons (Fsp3) is 0.242. The molecule has 0 atom stereocenters. The molecule has 266 valence electrons. The Balaban J connectivity index is 0.000000235. The van der Waals surface area contributed by atoms with Gasteiger partial charge in [0.05, 0.1) is 45.4 Å². The summed E-state index contributed by atoms with van der Waals surface area (Å²) < 4.78 is 93.8. The van der Waals surface area contributed by atoms with Gasteiger partial charge in [0.1, 0.15) is 22.7 Å². The van der Waals surface area contributed by atoms with Crippen LogP contribution in [0, 0.1) is 6.92 Å². The van der Waals surface area contributed by atoms with Crippen molar-refractivity contribution in [3.05, 3.63) is 104 Å². The average molecular weight is 782 g/mol. The van der Waals surface area contributed by atoms with Crippen molar-refractivity contribution in [1.82, 2.24) is 19.5 Å². The van der Waals surface area contributed by atoms with Crippen LogP contribution in [0.25, 0.3) is 22.4 Å². The van der Waals surface area contributed by atoms with Crippen molar-refractivity contribution in [2.45, 2.75) is 25.7 Å². The van der Waals surface area contributed by atoms with E-state index in [1.165, 1.54) is 24.3 Å². The van der Waals surface area contributed by atoms with Gasteiger partial charge in [0.2, 0.25) is 5.88 Å². The lowest BCUT2D eigenvalue weighted by atomic mass is 10.1. The normalized spacial score (nSPS) is 11.5. The van der Waals surface area contributed by atoms with E-state index in [9.17, 15) is 26.3 Å². The van der Waals surface area contributed by atoms with E-state index in [0.29, 0.717) is 35.2 Å². The lowest BCUT2D eigenvalue weighted by molar-refractivity contribution is -0.138. The van der Waals surface area contributed by atoms with E-state index < -0.39 is 23.5 Å². The van der Waals surface area contributed by atoms with Gasteiger partial charge in [0.15, 0.2) is 5.75 Å². The highest BCUT2D eigenvalue weighted by atomic mass is 35.5. The van der Waals surface area contributed by atoms with Crippen molar-refractivity contribution in [2.24, 2.45) is 7.05 Å². The minimum atomic E-state index is -4.44. The minimum absolute atomic E-state index is 0.0795. The van der Waals surface area contributed by atoms with Crippen LogP contribution in [0.2, 0.25) is 10.0 Å². The van der Waals surface area contributed by atoms with E-state index in [2.05, 4.69) is 15.0 Å². The van der Waals surface area contributed by atoms with Gasteiger partial charge >= 0.3 is 12.4 Å². The molecule has 0 aliphatic rings. The van der Waals surface area contributed by atoms with Crippen LogP contribution in [-0.4, -0.2) is 39.3 Å². The van der Waals surface area contributed by atoms with Crippen molar-refractivity contribution in [3.8, 4) is 28.8 Å². The van der Waals surface area contributed by atoms with Crippen molar-refractivity contribution in [3.63, 3.8) is 0 Å². The van der Waals surface area contributed by atoms with Crippen molar-refractivity contribution < 1.29 is 40.6 Å². The second-order valence-corrected chi connectivity index (χ2v) is 12.2. The first-order valence-electron chi connectivity index (χ1n) is 14.4. The molecule has 0 saturated carbocycles. The number of pyridine rings is 2. The van der Waals surface area contributed by atoms with Crippen LogP contribution in [-0.2, 0) is 19.4 Å². The molecule has 0 amide bonds. The SMILES string of the molecule is Cc1cnccc1-c1nc2cc(C(F)(F)F)ccc2n1C.FC(F)(F)c1ccc(OCCCOc2c(Cl)cc(OCC=C(Cl)Cl)cc2Cl)nc1. The highest BCUT2D eigenvalue weighted by Gasteiger charge is 2.31. The summed E-state index contributed by atoms with van der Waals surface area (Å²) in [6, 6.07) is 10.5. The molecule has 0 unspecified atom stereocenters. The van der Waals surface area contributed by atoms with Gasteiger partial charge in [-0.1, -0.05) is 46.4 Å².